The van der Waals surface area contributed by atoms with E-state index in [4.69, 9.17) is 80.5 Å². The molecular formula is C108H94O21S. The summed E-state index contributed by atoms with van der Waals surface area (Å²) in [5.74, 6) is -4.17. The van der Waals surface area contributed by atoms with E-state index in [1.165, 1.54) is 60.7 Å². The zero-order chi connectivity index (χ0) is 89.6. The van der Waals surface area contributed by atoms with Gasteiger partial charge in [-0.1, -0.05) is 323 Å². The summed E-state index contributed by atoms with van der Waals surface area (Å²) in [6.45, 7) is 14.0. The highest BCUT2D eigenvalue weighted by molar-refractivity contribution is 7.99. The maximum atomic E-state index is 17.6. The molecule has 658 valence electrons. The molecule has 0 radical (unpaired) electrons. The van der Waals surface area contributed by atoms with Crippen LogP contribution in [0.1, 0.15) is 85.9 Å². The van der Waals surface area contributed by atoms with Crippen molar-refractivity contribution in [1.29, 1.82) is 0 Å². The molecule has 0 spiro atoms. The van der Waals surface area contributed by atoms with E-state index in [9.17, 15) is 0 Å². The SMILES string of the molecule is C=CCOc1cc(C(=O)OC[C@H]2O[C@@H](Sc3ccccc3)[C@H](OC(=O)c3cc(OCC=C)c(OCc4ccccc4)c(OCC=C)c3)[C@H]3OC(=O)c4cc(OCc5ccccc5)c(OCc5ccccc5)c(OCc5ccccc5)c4-c4c(cc(OCc5ccccc5)c(OCc5ccccc5)c4OCc4ccccc4)C(=O)O[C@@H]32)cc(OCC=C)c1OCc1ccccc1. The first-order chi connectivity index (χ1) is 63.9. The Kier molecular flexibility index (Phi) is 31.1. The number of hydrogen-bond donors (Lipinski definition) is 0. The first-order valence-corrected chi connectivity index (χ1v) is 43.1. The predicted octanol–water partition coefficient (Wildman–Crippen LogP) is 21.9. The predicted molar refractivity (Wildman–Crippen MR) is 493 cm³/mol. The molecule has 2 aliphatic rings. The largest absolute Gasteiger partial charge is 0.485 e. The maximum absolute atomic E-state index is 17.6. The Morgan fingerprint density at radius 2 is 0.577 bits per heavy atom. The van der Waals surface area contributed by atoms with E-state index in [1.54, 1.807) is 24.3 Å². The Hall–Kier alpha value is -15.4. The van der Waals surface area contributed by atoms with Gasteiger partial charge in [0.2, 0.25) is 23.0 Å². The lowest BCUT2D eigenvalue weighted by Gasteiger charge is -2.44. The van der Waals surface area contributed by atoms with E-state index in [0.717, 1.165) is 45.1 Å². The van der Waals surface area contributed by atoms with E-state index in [-0.39, 0.29) is 182 Å². The van der Waals surface area contributed by atoms with Crippen LogP contribution in [0.4, 0.5) is 0 Å². The molecule has 21 nitrogen and oxygen atoms in total. The summed E-state index contributed by atoms with van der Waals surface area (Å²) in [7, 11) is 0. The minimum atomic E-state index is -1.98. The lowest BCUT2D eigenvalue weighted by Crippen LogP contribution is -2.62. The van der Waals surface area contributed by atoms with Crippen LogP contribution < -0.4 is 56.8 Å². The standard InChI is InChI=1S/C108H94O21S/c1-5-54-113-86-58-81(59-87(114-55-6-2)95(86)119-66-75-40-22-11-23-41-75)104(109)125-72-92-99-102(103(108(126-92)130-83-52-34-17-35-53-83)129-105(110)82-60-88(115-56-7-3)96(89(61-82)116-57-8-4)120-67-76-42-24-12-25-43-76)128-107(112)85-63-91(118-65-74-38-20-10-21-39-74)98(122-69-78-46-28-14-29-47-78)101(124-71-80-50-32-16-33-51-80)94(85)93-84(106(111)127-99)62-90(117-64-73-36-18-9-19-37-73)97(121-68-77-44-26-13-27-45-77)100(93)123-70-79-48-30-15-31-49-79/h5-53,58-63,92,99,102-103,108H,1-4,54-57,64-72H2/t92-,99-,102+,103-,108+/m1/s1. The molecule has 0 unspecified atom stereocenters. The highest BCUT2D eigenvalue weighted by atomic mass is 32.2. The fourth-order valence-electron chi connectivity index (χ4n) is 14.3. The second-order valence-electron chi connectivity index (χ2n) is 29.8. The Labute approximate surface area is 758 Å². The summed E-state index contributed by atoms with van der Waals surface area (Å²) in [6.07, 6.45) is -1.35. The normalized spacial score (nSPS) is 14.8. The van der Waals surface area contributed by atoms with Gasteiger partial charge in [-0.3, -0.25) is 0 Å². The van der Waals surface area contributed by atoms with Gasteiger partial charge >= 0.3 is 23.9 Å². The molecule has 22 heteroatoms. The van der Waals surface area contributed by atoms with Crippen molar-refractivity contribution in [2.75, 3.05) is 33.0 Å². The van der Waals surface area contributed by atoms with Gasteiger partial charge in [-0.15, -0.1) is 0 Å². The highest BCUT2D eigenvalue weighted by Gasteiger charge is 2.55. The summed E-state index contributed by atoms with van der Waals surface area (Å²) in [5, 5.41) is 0. The van der Waals surface area contributed by atoms with Crippen molar-refractivity contribution in [3.05, 3.63) is 427 Å². The Bertz CT molecular complexity index is 5930. The van der Waals surface area contributed by atoms with Crippen molar-refractivity contribution in [2.45, 2.75) is 87.6 Å². The number of fused-ring (bicyclic) bond motifs is 4. The minimum Gasteiger partial charge on any atom is -0.485 e. The molecule has 0 aromatic heterocycles. The van der Waals surface area contributed by atoms with Gasteiger partial charge in [0.1, 0.15) is 97.4 Å². The van der Waals surface area contributed by atoms with Gasteiger partial charge in [0.25, 0.3) is 0 Å². The van der Waals surface area contributed by atoms with Crippen LogP contribution in [0.25, 0.3) is 11.1 Å². The van der Waals surface area contributed by atoms with Crippen LogP contribution in [0.2, 0.25) is 0 Å². The molecule has 15 rings (SSSR count). The van der Waals surface area contributed by atoms with Crippen molar-refractivity contribution in [3.63, 3.8) is 0 Å². The molecular weight excluding hydrogens is 1670 g/mol. The van der Waals surface area contributed by atoms with Crippen LogP contribution in [0.5, 0.6) is 69.0 Å². The van der Waals surface area contributed by atoms with E-state index in [0.29, 0.717) is 16.0 Å². The Morgan fingerprint density at radius 1 is 0.308 bits per heavy atom. The van der Waals surface area contributed by atoms with Crippen LogP contribution in [-0.4, -0.2) is 86.8 Å². The monoisotopic (exact) mass is 1760 g/mol. The number of ether oxygens (including phenoxy) is 17. The van der Waals surface area contributed by atoms with Crippen LogP contribution >= 0.6 is 11.8 Å². The fourth-order valence-corrected chi connectivity index (χ4v) is 15.4. The third-order valence-corrected chi connectivity index (χ3v) is 21.7. The second kappa shape index (κ2) is 45.2. The number of rotatable bonds is 43. The minimum absolute atomic E-state index is 0.0243. The van der Waals surface area contributed by atoms with Gasteiger partial charge in [0, 0.05) is 16.0 Å². The average molecular weight is 1760 g/mol. The van der Waals surface area contributed by atoms with Gasteiger partial charge in [-0.2, -0.15) is 0 Å². The maximum Gasteiger partial charge on any atom is 0.339 e. The van der Waals surface area contributed by atoms with Crippen molar-refractivity contribution in [1.82, 2.24) is 0 Å². The number of thioether (sulfide) groups is 1. The van der Waals surface area contributed by atoms with Gasteiger partial charge in [-0.05, 0) is 93.0 Å². The summed E-state index contributed by atoms with van der Waals surface area (Å²) < 4.78 is 116. The summed E-state index contributed by atoms with van der Waals surface area (Å²) in [6, 6.07) is 92.7. The van der Waals surface area contributed by atoms with Gasteiger partial charge < -0.3 is 80.5 Å². The first-order valence-electron chi connectivity index (χ1n) is 42.2. The molecule has 130 heavy (non-hydrogen) atoms. The Balaban J connectivity index is 0.976. The molecule has 0 saturated carbocycles. The second-order valence-corrected chi connectivity index (χ2v) is 31.0. The fraction of sp³-hybridized carbons (Fsp3) is 0.167. The van der Waals surface area contributed by atoms with E-state index in [1.807, 2.05) is 249 Å². The molecule has 13 aromatic rings. The first kappa shape index (κ1) is 89.4. The van der Waals surface area contributed by atoms with Crippen LogP contribution in [0.15, 0.2) is 365 Å². The summed E-state index contributed by atoms with van der Waals surface area (Å²) >= 11 is 1.06. The zero-order valence-electron chi connectivity index (χ0n) is 71.1. The molecule has 0 aliphatic carbocycles. The van der Waals surface area contributed by atoms with Crippen molar-refractivity contribution >= 4 is 35.6 Å². The Morgan fingerprint density at radius 3 is 0.892 bits per heavy atom. The number of benzene rings is 13. The van der Waals surface area contributed by atoms with Gasteiger partial charge in [-0.25, -0.2) is 19.2 Å². The molecule has 0 bridgehead atoms. The molecule has 2 heterocycles. The van der Waals surface area contributed by atoms with E-state index < -0.39 is 60.3 Å². The lowest BCUT2D eigenvalue weighted by molar-refractivity contribution is -0.207. The summed E-state index contributed by atoms with van der Waals surface area (Å²) in [4.78, 5) is 67.4. The van der Waals surface area contributed by atoms with E-state index in [2.05, 4.69) is 26.3 Å². The molecule has 1 saturated heterocycles. The number of carbonyl (C=O) groups is 4. The number of carbonyl (C=O) groups excluding carboxylic acids is 4. The third-order valence-electron chi connectivity index (χ3n) is 20.6. The highest BCUT2D eigenvalue weighted by Crippen LogP contribution is 2.57. The topological polar surface area (TPSA) is 225 Å². The summed E-state index contributed by atoms with van der Waals surface area (Å²) in [5.41, 5.74) is 3.20. The average Bonchev–Trinajstić information content (AvgIpc) is 0.726. The molecule has 2 aliphatic heterocycles. The quantitative estimate of drug-likeness (QED) is 0.0197. The number of hydrogen-bond acceptors (Lipinski definition) is 22. The van der Waals surface area contributed by atoms with Crippen LogP contribution in [0.3, 0.4) is 0 Å². The molecule has 1 fully saturated rings. The molecule has 0 N–H and O–H groups in total. The van der Waals surface area contributed by atoms with Crippen molar-refractivity contribution in [2.24, 2.45) is 0 Å². The molecule has 0 amide bonds. The van der Waals surface area contributed by atoms with Gasteiger partial charge in [0.05, 0.1) is 22.3 Å². The third kappa shape index (κ3) is 23.3. The van der Waals surface area contributed by atoms with Crippen LogP contribution in [0, 0.1) is 0 Å². The zero-order valence-corrected chi connectivity index (χ0v) is 72.0. The lowest BCUT2D eigenvalue weighted by atomic mass is 9.90. The van der Waals surface area contributed by atoms with Crippen molar-refractivity contribution < 1.29 is 99.7 Å². The molecule has 5 atom stereocenters. The van der Waals surface area contributed by atoms with Crippen molar-refractivity contribution in [3.8, 4) is 80.1 Å². The number of esters is 4. The van der Waals surface area contributed by atoms with Crippen LogP contribution in [-0.2, 0) is 76.5 Å². The van der Waals surface area contributed by atoms with E-state index >= 15 is 19.2 Å². The molecule has 13 aromatic carbocycles. The smallest absolute Gasteiger partial charge is 0.339 e. The van der Waals surface area contributed by atoms with Gasteiger partial charge in [0.15, 0.2) is 64.3 Å².